The van der Waals surface area contributed by atoms with Gasteiger partial charge in [-0.25, -0.2) is 4.79 Å². The van der Waals surface area contributed by atoms with E-state index in [0.29, 0.717) is 5.69 Å². The Morgan fingerprint density at radius 1 is 1.27 bits per heavy atom. The molecule has 0 unspecified atom stereocenters. The molecule has 15 heavy (non-hydrogen) atoms. The zero-order valence-electron chi connectivity index (χ0n) is 7.79. The Bertz CT molecular complexity index is 487. The van der Waals surface area contributed by atoms with Gasteiger partial charge in [0.25, 0.3) is 0 Å². The lowest BCUT2D eigenvalue weighted by Crippen LogP contribution is -1.97. The number of aliphatic carboxylic acids is 1. The van der Waals surface area contributed by atoms with Crippen LogP contribution in [0.25, 0.3) is 6.08 Å². The van der Waals surface area contributed by atoms with Crippen molar-refractivity contribution < 1.29 is 9.90 Å². The summed E-state index contributed by atoms with van der Waals surface area (Å²) < 4.78 is 0. The maximum Gasteiger partial charge on any atom is 0.335 e. The second-order valence-corrected chi connectivity index (χ2v) is 2.99. The molecule has 0 spiro atoms. The van der Waals surface area contributed by atoms with Crippen LogP contribution in [-0.2, 0) is 4.79 Å². The average molecular weight is 200 g/mol. The van der Waals surface area contributed by atoms with Gasteiger partial charge in [0.05, 0.1) is 17.5 Å². The van der Waals surface area contributed by atoms with Crippen molar-refractivity contribution in [1.29, 1.82) is 0 Å². The van der Waals surface area contributed by atoms with E-state index < -0.39 is 5.97 Å². The van der Waals surface area contributed by atoms with Crippen LogP contribution in [0.4, 0.5) is 5.69 Å². The van der Waals surface area contributed by atoms with E-state index >= 15 is 0 Å². The molecule has 0 saturated heterocycles. The Kier molecular flexibility index (Phi) is 2.41. The fraction of sp³-hybridized carbons (Fsp3) is 0. The van der Waals surface area contributed by atoms with Gasteiger partial charge in [0.1, 0.15) is 0 Å². The lowest BCUT2D eigenvalue weighted by molar-refractivity contribution is -0.132. The fourth-order valence-electron chi connectivity index (χ4n) is 1.26. The average Bonchev–Trinajstić information content (AvgIpc) is 2.18. The molecule has 2 rings (SSSR count). The van der Waals surface area contributed by atoms with E-state index in [1.807, 2.05) is 12.1 Å². The first-order chi connectivity index (χ1) is 7.27. The third kappa shape index (κ3) is 1.99. The van der Waals surface area contributed by atoms with Crippen LogP contribution < -0.4 is 0 Å². The van der Waals surface area contributed by atoms with Gasteiger partial charge >= 0.3 is 5.97 Å². The van der Waals surface area contributed by atoms with Gasteiger partial charge in [-0.1, -0.05) is 18.2 Å². The molecule has 4 nitrogen and oxygen atoms in total. The van der Waals surface area contributed by atoms with Crippen LogP contribution in [0.1, 0.15) is 5.56 Å². The van der Waals surface area contributed by atoms with Crippen LogP contribution >= 0.6 is 0 Å². The number of benzene rings is 1. The Labute approximate surface area is 86.3 Å². The van der Waals surface area contributed by atoms with Gasteiger partial charge in [-0.05, 0) is 18.2 Å². The largest absolute Gasteiger partial charge is 0.478 e. The molecular formula is C11H8N2O2. The van der Waals surface area contributed by atoms with Crippen LogP contribution in [-0.4, -0.2) is 11.1 Å². The maximum atomic E-state index is 10.8. The van der Waals surface area contributed by atoms with Gasteiger partial charge in [-0.2, -0.15) is 10.2 Å². The summed E-state index contributed by atoms with van der Waals surface area (Å²) in [5.41, 5.74) is 1.62. The molecule has 4 heteroatoms. The number of fused-ring (bicyclic) bond motifs is 1. The smallest absolute Gasteiger partial charge is 0.335 e. The number of rotatable bonds is 1. The lowest BCUT2D eigenvalue weighted by Gasteiger charge is -2.02. The quantitative estimate of drug-likeness (QED) is 0.757. The number of hydrogen-bond donors (Lipinski definition) is 1. The summed E-state index contributed by atoms with van der Waals surface area (Å²) in [5, 5.41) is 16.6. The van der Waals surface area contributed by atoms with E-state index in [1.165, 1.54) is 12.3 Å². The normalized spacial score (nSPS) is 13.7. The van der Waals surface area contributed by atoms with Gasteiger partial charge in [0, 0.05) is 5.56 Å². The van der Waals surface area contributed by atoms with Crippen LogP contribution in [0, 0.1) is 0 Å². The number of carboxylic acids is 1. The molecule has 1 aliphatic rings. The molecule has 1 N–H and O–H groups in total. The highest BCUT2D eigenvalue weighted by Crippen LogP contribution is 2.23. The Morgan fingerprint density at radius 2 is 2.07 bits per heavy atom. The molecule has 0 aliphatic carbocycles. The second kappa shape index (κ2) is 3.88. The number of carboxylic acid groups (broad SMARTS) is 1. The van der Waals surface area contributed by atoms with Gasteiger partial charge in [-0.15, -0.1) is 0 Å². The van der Waals surface area contributed by atoms with Gasteiger partial charge in [-0.3, -0.25) is 0 Å². The van der Waals surface area contributed by atoms with Crippen molar-refractivity contribution in [2.45, 2.75) is 0 Å². The van der Waals surface area contributed by atoms with Crippen molar-refractivity contribution in [1.82, 2.24) is 0 Å². The first-order valence-corrected chi connectivity index (χ1v) is 4.39. The molecule has 1 aromatic rings. The minimum atomic E-state index is -0.974. The number of carbonyl (C=O) groups is 1. The van der Waals surface area contributed by atoms with E-state index in [-0.39, 0.29) is 5.57 Å². The molecule has 0 fully saturated rings. The molecule has 0 saturated carbocycles. The van der Waals surface area contributed by atoms with Gasteiger partial charge in [0.2, 0.25) is 0 Å². The van der Waals surface area contributed by atoms with Crippen molar-refractivity contribution in [3.05, 3.63) is 47.7 Å². The second-order valence-electron chi connectivity index (χ2n) is 2.99. The minimum absolute atomic E-state index is 0.195. The minimum Gasteiger partial charge on any atom is -0.478 e. The maximum absolute atomic E-state index is 10.8. The predicted molar refractivity (Wildman–Crippen MR) is 55.7 cm³/mol. The van der Waals surface area contributed by atoms with Crippen molar-refractivity contribution in [2.24, 2.45) is 10.2 Å². The van der Waals surface area contributed by atoms with E-state index in [0.717, 1.165) is 5.56 Å². The summed E-state index contributed by atoms with van der Waals surface area (Å²) in [4.78, 5) is 10.8. The van der Waals surface area contributed by atoms with E-state index in [4.69, 9.17) is 5.11 Å². The van der Waals surface area contributed by atoms with Gasteiger partial charge in [0.15, 0.2) is 0 Å². The van der Waals surface area contributed by atoms with E-state index in [1.54, 1.807) is 18.2 Å². The highest BCUT2D eigenvalue weighted by atomic mass is 16.4. The van der Waals surface area contributed by atoms with Crippen LogP contribution in [0.5, 0.6) is 0 Å². The molecule has 1 heterocycles. The Hall–Kier alpha value is -2.23. The summed E-state index contributed by atoms with van der Waals surface area (Å²) in [6.45, 7) is 0. The summed E-state index contributed by atoms with van der Waals surface area (Å²) in [5.74, 6) is -0.974. The van der Waals surface area contributed by atoms with Crippen molar-refractivity contribution in [3.63, 3.8) is 0 Å². The topological polar surface area (TPSA) is 62.0 Å². The van der Waals surface area contributed by atoms with Crippen LogP contribution in [0.2, 0.25) is 0 Å². The molecular weight excluding hydrogens is 192 g/mol. The molecule has 1 aliphatic heterocycles. The number of azo groups is 1. The molecule has 0 bridgehead atoms. The molecule has 74 valence electrons. The zero-order chi connectivity index (χ0) is 10.7. The molecule has 0 atom stereocenters. The Balaban J connectivity index is 2.56. The summed E-state index contributed by atoms with van der Waals surface area (Å²) in [7, 11) is 0. The molecule has 0 aromatic heterocycles. The monoisotopic (exact) mass is 200 g/mol. The number of hydrogen-bond acceptors (Lipinski definition) is 3. The third-order valence-electron chi connectivity index (χ3n) is 1.98. The van der Waals surface area contributed by atoms with E-state index in [2.05, 4.69) is 10.2 Å². The van der Waals surface area contributed by atoms with Crippen LogP contribution in [0.15, 0.2) is 52.3 Å². The molecule has 1 aromatic carbocycles. The molecule has 0 radical (unpaired) electrons. The summed E-state index contributed by atoms with van der Waals surface area (Å²) in [6.07, 6.45) is 4.37. The van der Waals surface area contributed by atoms with Crippen molar-refractivity contribution >= 4 is 17.7 Å². The highest BCUT2D eigenvalue weighted by molar-refractivity contribution is 5.96. The summed E-state index contributed by atoms with van der Waals surface area (Å²) >= 11 is 0. The fourth-order valence-corrected chi connectivity index (χ4v) is 1.26. The predicted octanol–water partition coefficient (Wildman–Crippen LogP) is 2.77. The van der Waals surface area contributed by atoms with Crippen molar-refractivity contribution in [3.8, 4) is 0 Å². The SMILES string of the molecule is O=C(O)C1=Cc2ccccc2N=NC=C1. The molecule has 0 amide bonds. The summed E-state index contributed by atoms with van der Waals surface area (Å²) in [6, 6.07) is 7.25. The highest BCUT2D eigenvalue weighted by Gasteiger charge is 2.06. The van der Waals surface area contributed by atoms with Crippen molar-refractivity contribution in [2.75, 3.05) is 0 Å². The van der Waals surface area contributed by atoms with Gasteiger partial charge < -0.3 is 5.11 Å². The van der Waals surface area contributed by atoms with Crippen LogP contribution in [0.3, 0.4) is 0 Å². The zero-order valence-corrected chi connectivity index (χ0v) is 7.79. The first-order valence-electron chi connectivity index (χ1n) is 4.39. The standard InChI is InChI=1S/C11H8N2O2/c14-11(15)9-5-6-12-13-10-4-2-1-3-8(10)7-9/h1-7H,(H,14,15). The first kappa shape index (κ1) is 9.33. The number of nitrogens with zero attached hydrogens (tertiary/aromatic N) is 2. The Morgan fingerprint density at radius 3 is 2.87 bits per heavy atom. The lowest BCUT2D eigenvalue weighted by atomic mass is 10.1. The third-order valence-corrected chi connectivity index (χ3v) is 1.98. The van der Waals surface area contributed by atoms with E-state index in [9.17, 15) is 4.79 Å².